The first-order valence-corrected chi connectivity index (χ1v) is 8.70. The average Bonchev–Trinajstić information content (AvgIpc) is 2.61. The molecule has 2 rings (SSSR count). The first kappa shape index (κ1) is 19.0. The third-order valence-corrected chi connectivity index (χ3v) is 4.64. The maximum atomic E-state index is 12.6. The van der Waals surface area contributed by atoms with E-state index >= 15 is 0 Å². The van der Waals surface area contributed by atoms with Gasteiger partial charge in [0, 0.05) is 10.0 Å². The quantitative estimate of drug-likeness (QED) is 0.779. The number of likely N-dealkylation sites (N-methyl/N-ethyl adjacent to an activating group) is 1. The molecule has 25 heavy (non-hydrogen) atoms. The van der Waals surface area contributed by atoms with Gasteiger partial charge in [-0.3, -0.25) is 4.79 Å². The topological polar surface area (TPSA) is 66.6 Å². The Bertz CT molecular complexity index is 801. The number of hydrogen-bond acceptors (Lipinski definition) is 3. The molecule has 0 aromatic heterocycles. The number of para-hydroxylation sites is 1. The summed E-state index contributed by atoms with van der Waals surface area (Å²) < 4.78 is 6.37. The van der Waals surface area contributed by atoms with Crippen molar-refractivity contribution in [3.63, 3.8) is 0 Å². The highest BCUT2D eigenvalue weighted by molar-refractivity contribution is 9.10. The molecule has 0 aliphatic carbocycles. The summed E-state index contributed by atoms with van der Waals surface area (Å²) in [7, 11) is 3.60. The number of quaternary nitrogens is 1. The average molecular weight is 403 g/mol. The number of ether oxygens (including phenoxy) is 1. The predicted molar refractivity (Wildman–Crippen MR) is 101 cm³/mol. The number of methoxy groups -OCH3 is 1. The second-order valence-corrected chi connectivity index (χ2v) is 6.76. The summed E-state index contributed by atoms with van der Waals surface area (Å²) >= 11 is 3.47. The zero-order valence-corrected chi connectivity index (χ0v) is 16.1. The van der Waals surface area contributed by atoms with Crippen LogP contribution in [0.15, 0.2) is 46.9 Å². The van der Waals surface area contributed by atoms with Gasteiger partial charge in [-0.05, 0) is 37.3 Å². The molecule has 0 fully saturated rings. The zero-order chi connectivity index (χ0) is 18.4. The number of nitrogens with zero attached hydrogens (tertiary/aromatic N) is 1. The summed E-state index contributed by atoms with van der Waals surface area (Å²) in [4.78, 5) is 13.6. The van der Waals surface area contributed by atoms with Gasteiger partial charge in [-0.15, -0.1) is 0 Å². The molecule has 130 valence electrons. The summed E-state index contributed by atoms with van der Waals surface area (Å²) in [6.07, 6.45) is 0. The van der Waals surface area contributed by atoms with Gasteiger partial charge in [0.15, 0.2) is 6.04 Å². The van der Waals surface area contributed by atoms with Crippen LogP contribution in [0.5, 0.6) is 5.75 Å². The Morgan fingerprint density at radius 2 is 2.08 bits per heavy atom. The SMILES string of the molecule is COc1ccc(Br)cc1C[NH+](C)[C@H](C)C(=O)Nc1ccccc1C#N. The lowest BCUT2D eigenvalue weighted by molar-refractivity contribution is -0.907. The van der Waals surface area contributed by atoms with Gasteiger partial charge in [0.25, 0.3) is 5.91 Å². The van der Waals surface area contributed by atoms with E-state index in [-0.39, 0.29) is 11.9 Å². The van der Waals surface area contributed by atoms with Crippen molar-refractivity contribution >= 4 is 27.5 Å². The molecule has 0 aliphatic heterocycles. The van der Waals surface area contributed by atoms with E-state index in [1.165, 1.54) is 0 Å². The second kappa shape index (κ2) is 8.65. The lowest BCUT2D eigenvalue weighted by atomic mass is 10.1. The van der Waals surface area contributed by atoms with Gasteiger partial charge in [0.05, 0.1) is 25.4 Å². The zero-order valence-electron chi connectivity index (χ0n) is 14.5. The molecular formula is C19H21BrN3O2+. The number of halogens is 1. The largest absolute Gasteiger partial charge is 0.496 e. The van der Waals surface area contributed by atoms with Gasteiger partial charge >= 0.3 is 0 Å². The van der Waals surface area contributed by atoms with Crippen molar-refractivity contribution in [3.8, 4) is 11.8 Å². The number of nitriles is 1. The van der Waals surface area contributed by atoms with E-state index in [1.807, 2.05) is 32.2 Å². The molecule has 1 amide bonds. The first-order valence-electron chi connectivity index (χ1n) is 7.91. The molecule has 0 spiro atoms. The van der Waals surface area contributed by atoms with Crippen molar-refractivity contribution in [2.24, 2.45) is 0 Å². The Morgan fingerprint density at radius 3 is 2.76 bits per heavy atom. The monoisotopic (exact) mass is 402 g/mol. The van der Waals surface area contributed by atoms with Crippen LogP contribution in [0.4, 0.5) is 5.69 Å². The van der Waals surface area contributed by atoms with Crippen LogP contribution < -0.4 is 15.0 Å². The van der Waals surface area contributed by atoms with E-state index in [2.05, 4.69) is 27.3 Å². The molecule has 0 heterocycles. The van der Waals surface area contributed by atoms with Crippen LogP contribution in [0.3, 0.4) is 0 Å². The third kappa shape index (κ3) is 4.81. The van der Waals surface area contributed by atoms with E-state index in [0.717, 1.165) is 20.7 Å². The molecule has 2 N–H and O–H groups in total. The van der Waals surface area contributed by atoms with E-state index in [9.17, 15) is 4.79 Å². The van der Waals surface area contributed by atoms with Gasteiger partial charge in [0.1, 0.15) is 18.4 Å². The van der Waals surface area contributed by atoms with Crippen LogP contribution in [-0.4, -0.2) is 26.1 Å². The van der Waals surface area contributed by atoms with Crippen LogP contribution in [-0.2, 0) is 11.3 Å². The summed E-state index contributed by atoms with van der Waals surface area (Å²) in [6, 6.07) is 14.6. The highest BCUT2D eigenvalue weighted by Gasteiger charge is 2.23. The molecular weight excluding hydrogens is 382 g/mol. The minimum atomic E-state index is -0.296. The van der Waals surface area contributed by atoms with Crippen LogP contribution in [0.1, 0.15) is 18.1 Å². The molecule has 0 radical (unpaired) electrons. The third-order valence-electron chi connectivity index (χ3n) is 4.15. The minimum Gasteiger partial charge on any atom is -0.496 e. The Hall–Kier alpha value is -2.36. The second-order valence-electron chi connectivity index (χ2n) is 5.85. The Labute approximate surface area is 156 Å². The Balaban J connectivity index is 2.09. The predicted octanol–water partition coefficient (Wildman–Crippen LogP) is 2.37. The van der Waals surface area contributed by atoms with Crippen LogP contribution in [0.25, 0.3) is 0 Å². The Kier molecular flexibility index (Phi) is 6.57. The highest BCUT2D eigenvalue weighted by atomic mass is 79.9. The minimum absolute atomic E-state index is 0.130. The molecule has 2 aromatic rings. The van der Waals surface area contributed by atoms with Crippen molar-refractivity contribution in [3.05, 3.63) is 58.1 Å². The van der Waals surface area contributed by atoms with Crippen molar-refractivity contribution < 1.29 is 14.4 Å². The van der Waals surface area contributed by atoms with Crippen molar-refractivity contribution in [2.75, 3.05) is 19.5 Å². The lowest BCUT2D eigenvalue weighted by Gasteiger charge is -2.22. The number of benzene rings is 2. The maximum Gasteiger partial charge on any atom is 0.282 e. The van der Waals surface area contributed by atoms with Gasteiger partial charge in [-0.1, -0.05) is 28.1 Å². The number of carbonyl (C=O) groups is 1. The fourth-order valence-electron chi connectivity index (χ4n) is 2.49. The summed E-state index contributed by atoms with van der Waals surface area (Å²) in [5.41, 5.74) is 2.01. The number of rotatable bonds is 6. The van der Waals surface area contributed by atoms with Crippen LogP contribution >= 0.6 is 15.9 Å². The Morgan fingerprint density at radius 1 is 1.36 bits per heavy atom. The van der Waals surface area contributed by atoms with Crippen molar-refractivity contribution in [1.29, 1.82) is 5.26 Å². The lowest BCUT2D eigenvalue weighted by Crippen LogP contribution is -3.12. The normalized spacial score (nSPS) is 12.8. The first-order chi connectivity index (χ1) is 12.0. The smallest absolute Gasteiger partial charge is 0.282 e. The standard InChI is InChI=1S/C19H20BrN3O2/c1-13(19(24)22-17-7-5-4-6-14(17)11-21)23(2)12-15-10-16(20)8-9-18(15)25-3/h4-10,13H,12H2,1-3H3,(H,22,24)/p+1/t13-/m1/s1. The maximum absolute atomic E-state index is 12.6. The fraction of sp³-hybridized carbons (Fsp3) is 0.263. The summed E-state index contributed by atoms with van der Waals surface area (Å²) in [6.45, 7) is 2.50. The number of amides is 1. The molecule has 2 aromatic carbocycles. The molecule has 0 saturated carbocycles. The number of carbonyl (C=O) groups excluding carboxylic acids is 1. The molecule has 6 heteroatoms. The number of hydrogen-bond donors (Lipinski definition) is 2. The molecule has 0 aliphatic rings. The number of anilines is 1. The molecule has 0 bridgehead atoms. The molecule has 1 unspecified atom stereocenters. The highest BCUT2D eigenvalue weighted by Crippen LogP contribution is 2.22. The van der Waals surface area contributed by atoms with Crippen molar-refractivity contribution in [2.45, 2.75) is 19.5 Å². The van der Waals surface area contributed by atoms with E-state index in [0.29, 0.717) is 17.8 Å². The summed E-state index contributed by atoms with van der Waals surface area (Å²) in [5, 5.41) is 12.0. The van der Waals surface area contributed by atoms with Crippen LogP contribution in [0, 0.1) is 11.3 Å². The fourth-order valence-corrected chi connectivity index (χ4v) is 2.90. The van der Waals surface area contributed by atoms with Crippen molar-refractivity contribution in [1.82, 2.24) is 0 Å². The van der Waals surface area contributed by atoms with E-state index in [1.54, 1.807) is 31.4 Å². The molecule has 5 nitrogen and oxygen atoms in total. The van der Waals surface area contributed by atoms with E-state index < -0.39 is 0 Å². The van der Waals surface area contributed by atoms with Gasteiger partial charge in [-0.25, -0.2) is 0 Å². The van der Waals surface area contributed by atoms with E-state index in [4.69, 9.17) is 10.00 Å². The molecule has 2 atom stereocenters. The van der Waals surface area contributed by atoms with Crippen LogP contribution in [0.2, 0.25) is 0 Å². The van der Waals surface area contributed by atoms with Gasteiger partial charge in [0.2, 0.25) is 0 Å². The number of nitrogens with one attached hydrogen (secondary N) is 2. The van der Waals surface area contributed by atoms with Gasteiger partial charge < -0.3 is 15.0 Å². The van der Waals surface area contributed by atoms with Gasteiger partial charge in [-0.2, -0.15) is 5.26 Å². The summed E-state index contributed by atoms with van der Waals surface area (Å²) in [5.74, 6) is 0.666. The molecule has 0 saturated heterocycles.